The zero-order chi connectivity index (χ0) is 19.0. The fourth-order valence-electron chi connectivity index (χ4n) is 2.45. The van der Waals surface area contributed by atoms with Gasteiger partial charge in [0.05, 0.1) is 12.2 Å². The highest BCUT2D eigenvalue weighted by Crippen LogP contribution is 2.29. The number of halogens is 3. The summed E-state index contributed by atoms with van der Waals surface area (Å²) >= 11 is 0. The van der Waals surface area contributed by atoms with Crippen LogP contribution in [0, 0.1) is 0 Å². The molecule has 0 aromatic heterocycles. The van der Waals surface area contributed by atoms with E-state index in [-0.39, 0.29) is 0 Å². The Hall–Kier alpha value is -2.54. The first-order valence-electron chi connectivity index (χ1n) is 8.15. The molecule has 0 spiro atoms. The Morgan fingerprint density at radius 3 is 2.88 bits per heavy atom. The number of carboxylic acid groups (broad SMARTS) is 1. The van der Waals surface area contributed by atoms with E-state index in [1.165, 1.54) is 6.07 Å². The first-order valence-corrected chi connectivity index (χ1v) is 8.15. The highest BCUT2D eigenvalue weighted by molar-refractivity contribution is 5.81. The van der Waals surface area contributed by atoms with Gasteiger partial charge in [-0.15, -0.1) is 0 Å². The fourth-order valence-corrected chi connectivity index (χ4v) is 2.45. The second-order valence-electron chi connectivity index (χ2n) is 5.80. The smallest absolute Gasteiger partial charge is 0.416 e. The molecule has 0 saturated carbocycles. The van der Waals surface area contributed by atoms with Crippen LogP contribution in [0.3, 0.4) is 0 Å². The van der Waals surface area contributed by atoms with Crippen LogP contribution in [0.4, 0.5) is 13.2 Å². The van der Waals surface area contributed by atoms with Crippen molar-refractivity contribution in [2.24, 2.45) is 0 Å². The summed E-state index contributed by atoms with van der Waals surface area (Å²) in [6.07, 6.45) is 3.16. The zero-order valence-electron chi connectivity index (χ0n) is 14.1. The summed E-state index contributed by atoms with van der Waals surface area (Å²) in [5.74, 6) is -0.303. The Labute approximate surface area is 149 Å². The van der Waals surface area contributed by atoms with Crippen molar-refractivity contribution in [1.29, 1.82) is 0 Å². The normalized spacial score (nSPS) is 15.8. The average molecular weight is 367 g/mol. The van der Waals surface area contributed by atoms with E-state index < -0.39 is 17.7 Å². The molecule has 2 N–H and O–H groups in total. The molecular formula is C19H20F3NO3. The molecule has 140 valence electrons. The van der Waals surface area contributed by atoms with Gasteiger partial charge in [-0.3, -0.25) is 0 Å². The van der Waals surface area contributed by atoms with Gasteiger partial charge in [-0.1, -0.05) is 30.4 Å². The lowest BCUT2D eigenvalue weighted by atomic mass is 10.1. The van der Waals surface area contributed by atoms with Crippen molar-refractivity contribution < 1.29 is 27.8 Å². The summed E-state index contributed by atoms with van der Waals surface area (Å²) in [5, 5.41) is 11.8. The molecular weight excluding hydrogens is 347 g/mol. The van der Waals surface area contributed by atoms with Gasteiger partial charge >= 0.3 is 12.1 Å². The van der Waals surface area contributed by atoms with Crippen molar-refractivity contribution in [2.75, 3.05) is 13.2 Å². The minimum atomic E-state index is -4.33. The fraction of sp³-hybridized carbons (Fsp3) is 0.316. The van der Waals surface area contributed by atoms with Crippen LogP contribution in [-0.2, 0) is 22.3 Å². The monoisotopic (exact) mass is 367 g/mol. The van der Waals surface area contributed by atoms with Crippen LogP contribution >= 0.6 is 0 Å². The van der Waals surface area contributed by atoms with Crippen LogP contribution in [-0.4, -0.2) is 24.2 Å². The van der Waals surface area contributed by atoms with E-state index >= 15 is 0 Å². The van der Waals surface area contributed by atoms with Crippen LogP contribution < -0.4 is 5.32 Å². The molecule has 0 unspecified atom stereocenters. The van der Waals surface area contributed by atoms with E-state index in [9.17, 15) is 18.0 Å². The Kier molecular flexibility index (Phi) is 7.03. The van der Waals surface area contributed by atoms with Gasteiger partial charge in [0, 0.05) is 19.0 Å². The second-order valence-corrected chi connectivity index (χ2v) is 5.80. The number of carbonyl (C=O) groups is 1. The number of benzene rings is 1. The maximum absolute atomic E-state index is 12.6. The number of alkyl halides is 3. The number of carboxylic acids is 1. The highest BCUT2D eigenvalue weighted by Gasteiger charge is 2.30. The molecule has 0 saturated heterocycles. The number of hydrogen-bond acceptors (Lipinski definition) is 3. The van der Waals surface area contributed by atoms with E-state index in [0.29, 0.717) is 49.4 Å². The van der Waals surface area contributed by atoms with Gasteiger partial charge in [0.15, 0.2) is 0 Å². The molecule has 0 aliphatic heterocycles. The van der Waals surface area contributed by atoms with Crippen LogP contribution in [0.2, 0.25) is 0 Å². The van der Waals surface area contributed by atoms with E-state index in [4.69, 9.17) is 9.84 Å². The summed E-state index contributed by atoms with van der Waals surface area (Å²) in [4.78, 5) is 10.7. The SMILES string of the molecule is O=C(O)C=C1C=CC=C(OCCCNCc2cccc(C(F)(F)F)c2)C1. The molecule has 0 amide bonds. The molecule has 1 aromatic rings. The molecule has 1 aliphatic rings. The zero-order valence-corrected chi connectivity index (χ0v) is 14.1. The van der Waals surface area contributed by atoms with Gasteiger partial charge in [0.2, 0.25) is 0 Å². The van der Waals surface area contributed by atoms with E-state index in [1.807, 2.05) is 0 Å². The highest BCUT2D eigenvalue weighted by atomic mass is 19.4. The molecule has 0 heterocycles. The van der Waals surface area contributed by atoms with Crippen LogP contribution in [0.5, 0.6) is 0 Å². The average Bonchev–Trinajstić information content (AvgIpc) is 2.57. The van der Waals surface area contributed by atoms with Gasteiger partial charge in [-0.2, -0.15) is 13.2 Å². The standard InChI is InChI=1S/C19H20F3NO3/c20-19(21,22)16-6-1-5-15(10-16)13-23-8-3-9-26-17-7-2-4-14(11-17)12-18(24)25/h1-2,4-7,10,12,23H,3,8-9,11,13H2,(H,24,25). The van der Waals surface area contributed by atoms with Crippen molar-refractivity contribution in [1.82, 2.24) is 5.32 Å². The van der Waals surface area contributed by atoms with Gasteiger partial charge in [-0.05, 0) is 36.2 Å². The quantitative estimate of drug-likeness (QED) is 0.537. The van der Waals surface area contributed by atoms with E-state index in [0.717, 1.165) is 18.2 Å². The third kappa shape index (κ3) is 6.76. The molecule has 0 fully saturated rings. The Bertz CT molecular complexity index is 721. The molecule has 4 nitrogen and oxygen atoms in total. The Balaban J connectivity index is 1.67. The third-order valence-electron chi connectivity index (χ3n) is 3.65. The third-order valence-corrected chi connectivity index (χ3v) is 3.65. The minimum Gasteiger partial charge on any atom is -0.498 e. The largest absolute Gasteiger partial charge is 0.498 e. The molecule has 26 heavy (non-hydrogen) atoms. The van der Waals surface area contributed by atoms with Gasteiger partial charge < -0.3 is 15.2 Å². The summed E-state index contributed by atoms with van der Waals surface area (Å²) in [6.45, 7) is 1.38. The second kappa shape index (κ2) is 9.24. The maximum Gasteiger partial charge on any atom is 0.416 e. The number of rotatable bonds is 8. The van der Waals surface area contributed by atoms with Gasteiger partial charge in [0.1, 0.15) is 5.76 Å². The summed E-state index contributed by atoms with van der Waals surface area (Å²) in [7, 11) is 0. The molecule has 1 aromatic carbocycles. The molecule has 0 radical (unpaired) electrons. The van der Waals surface area contributed by atoms with Crippen LogP contribution in [0.1, 0.15) is 24.0 Å². The Morgan fingerprint density at radius 2 is 2.15 bits per heavy atom. The Morgan fingerprint density at radius 1 is 1.35 bits per heavy atom. The molecule has 7 heteroatoms. The van der Waals surface area contributed by atoms with Crippen molar-refractivity contribution in [3.05, 3.63) is 71.0 Å². The van der Waals surface area contributed by atoms with Crippen LogP contribution in [0.25, 0.3) is 0 Å². The molecule has 0 atom stereocenters. The first-order chi connectivity index (χ1) is 12.3. The lowest BCUT2D eigenvalue weighted by Crippen LogP contribution is -2.17. The van der Waals surface area contributed by atoms with Crippen molar-refractivity contribution in [3.63, 3.8) is 0 Å². The van der Waals surface area contributed by atoms with Gasteiger partial charge in [-0.25, -0.2) is 4.79 Å². The number of allylic oxidation sites excluding steroid dienone is 4. The first kappa shape index (κ1) is 19.8. The van der Waals surface area contributed by atoms with E-state index in [2.05, 4.69) is 5.32 Å². The topological polar surface area (TPSA) is 58.6 Å². The lowest BCUT2D eigenvalue weighted by Gasteiger charge is -2.14. The number of nitrogens with one attached hydrogen (secondary N) is 1. The lowest BCUT2D eigenvalue weighted by molar-refractivity contribution is -0.137. The predicted molar refractivity (Wildman–Crippen MR) is 91.3 cm³/mol. The van der Waals surface area contributed by atoms with Crippen molar-refractivity contribution >= 4 is 5.97 Å². The number of ether oxygens (including phenoxy) is 1. The predicted octanol–water partition coefficient (Wildman–Crippen LogP) is 4.06. The van der Waals surface area contributed by atoms with Crippen molar-refractivity contribution in [3.8, 4) is 0 Å². The maximum atomic E-state index is 12.6. The van der Waals surface area contributed by atoms with E-state index in [1.54, 1.807) is 24.3 Å². The molecule has 0 bridgehead atoms. The number of hydrogen-bond donors (Lipinski definition) is 2. The molecule has 2 rings (SSSR count). The molecule has 1 aliphatic carbocycles. The number of aliphatic carboxylic acids is 1. The summed E-state index contributed by atoms with van der Waals surface area (Å²) in [6, 6.07) is 5.23. The minimum absolute atomic E-state index is 0.348. The van der Waals surface area contributed by atoms with Crippen molar-refractivity contribution in [2.45, 2.75) is 25.6 Å². The summed E-state index contributed by atoms with van der Waals surface area (Å²) in [5.41, 5.74) is 0.588. The van der Waals surface area contributed by atoms with Crippen LogP contribution in [0.15, 0.2) is 59.9 Å². The summed E-state index contributed by atoms with van der Waals surface area (Å²) < 4.78 is 43.5. The van der Waals surface area contributed by atoms with Gasteiger partial charge in [0.25, 0.3) is 0 Å².